The Hall–Kier alpha value is -1.78. The highest BCUT2D eigenvalue weighted by molar-refractivity contribution is 5.87. The molecule has 0 atom stereocenters. The van der Waals surface area contributed by atoms with E-state index in [0.29, 0.717) is 11.5 Å². The molecule has 0 amide bonds. The van der Waals surface area contributed by atoms with Gasteiger partial charge in [0.1, 0.15) is 0 Å². The van der Waals surface area contributed by atoms with Crippen molar-refractivity contribution in [3.63, 3.8) is 0 Å². The molecule has 0 N–H and O–H groups in total. The highest BCUT2D eigenvalue weighted by atomic mass is 16.5. The maximum Gasteiger partial charge on any atom is 0.356 e. The first-order chi connectivity index (χ1) is 7.58. The Morgan fingerprint density at radius 2 is 2.00 bits per heavy atom. The summed E-state index contributed by atoms with van der Waals surface area (Å²) < 4.78 is 15.1. The van der Waals surface area contributed by atoms with E-state index in [1.807, 2.05) is 13.8 Å². The van der Waals surface area contributed by atoms with Crippen molar-refractivity contribution in [2.45, 2.75) is 20.0 Å². The number of hydrogen-bond acceptors (Lipinski definition) is 5. The number of carbonyl (C=O) groups is 1. The Bertz CT molecular complexity index is 376. The van der Waals surface area contributed by atoms with Crippen LogP contribution in [-0.4, -0.2) is 31.3 Å². The van der Waals surface area contributed by atoms with Crippen LogP contribution in [0.5, 0.6) is 11.5 Å². The van der Waals surface area contributed by atoms with Crippen LogP contribution in [0, 0.1) is 0 Å². The van der Waals surface area contributed by atoms with E-state index < -0.39 is 5.97 Å². The molecule has 0 saturated heterocycles. The van der Waals surface area contributed by atoms with Gasteiger partial charge in [0, 0.05) is 6.07 Å². The molecule has 1 heterocycles. The third-order valence-electron chi connectivity index (χ3n) is 1.81. The molecular weight excluding hydrogens is 210 g/mol. The van der Waals surface area contributed by atoms with Gasteiger partial charge in [-0.05, 0) is 13.8 Å². The summed E-state index contributed by atoms with van der Waals surface area (Å²) in [6, 6.07) is 1.49. The van der Waals surface area contributed by atoms with Gasteiger partial charge < -0.3 is 14.2 Å². The van der Waals surface area contributed by atoms with Gasteiger partial charge >= 0.3 is 5.97 Å². The number of nitrogens with zero attached hydrogens (tertiary/aromatic N) is 1. The minimum atomic E-state index is -0.505. The van der Waals surface area contributed by atoms with Crippen molar-refractivity contribution in [3.05, 3.63) is 18.0 Å². The molecule has 0 radical (unpaired) electrons. The molecule has 0 spiro atoms. The van der Waals surface area contributed by atoms with E-state index in [-0.39, 0.29) is 11.8 Å². The van der Waals surface area contributed by atoms with Crippen molar-refractivity contribution in [3.8, 4) is 11.5 Å². The number of hydrogen-bond donors (Lipinski definition) is 0. The van der Waals surface area contributed by atoms with Crippen LogP contribution in [0.1, 0.15) is 24.3 Å². The first-order valence-electron chi connectivity index (χ1n) is 4.87. The Morgan fingerprint density at radius 1 is 1.31 bits per heavy atom. The van der Waals surface area contributed by atoms with Crippen molar-refractivity contribution >= 4 is 5.97 Å². The fourth-order valence-electron chi connectivity index (χ4n) is 1.14. The molecule has 5 nitrogen and oxygen atoms in total. The average molecular weight is 225 g/mol. The van der Waals surface area contributed by atoms with Gasteiger partial charge in [-0.25, -0.2) is 9.78 Å². The van der Waals surface area contributed by atoms with E-state index in [1.165, 1.54) is 26.5 Å². The lowest BCUT2D eigenvalue weighted by atomic mass is 10.3. The third kappa shape index (κ3) is 2.85. The lowest BCUT2D eigenvalue weighted by molar-refractivity contribution is 0.0593. The van der Waals surface area contributed by atoms with Crippen molar-refractivity contribution in [1.29, 1.82) is 0 Å². The van der Waals surface area contributed by atoms with Gasteiger partial charge in [0.05, 0.1) is 26.5 Å². The van der Waals surface area contributed by atoms with Gasteiger partial charge in [-0.3, -0.25) is 0 Å². The molecule has 0 aliphatic carbocycles. The number of ether oxygens (including phenoxy) is 3. The third-order valence-corrected chi connectivity index (χ3v) is 1.81. The highest BCUT2D eigenvalue weighted by Crippen LogP contribution is 2.27. The summed E-state index contributed by atoms with van der Waals surface area (Å²) in [6.07, 6.45) is 1.46. The zero-order chi connectivity index (χ0) is 12.1. The molecule has 0 fully saturated rings. The molecule has 1 aromatic heterocycles. The van der Waals surface area contributed by atoms with Crippen LogP contribution in [0.15, 0.2) is 12.3 Å². The largest absolute Gasteiger partial charge is 0.493 e. The van der Waals surface area contributed by atoms with Gasteiger partial charge in [0.15, 0.2) is 17.2 Å². The standard InChI is InChI=1S/C11H15NO4/c1-7(2)16-10-6-12-8(11(13)15-4)5-9(10)14-3/h5-7H,1-4H3. The minimum absolute atomic E-state index is 0.0136. The van der Waals surface area contributed by atoms with E-state index in [4.69, 9.17) is 9.47 Å². The molecule has 5 heteroatoms. The van der Waals surface area contributed by atoms with Crippen molar-refractivity contribution in [2.24, 2.45) is 0 Å². The molecule has 1 rings (SSSR count). The van der Waals surface area contributed by atoms with Crippen molar-refractivity contribution in [2.75, 3.05) is 14.2 Å². The maximum atomic E-state index is 11.2. The smallest absolute Gasteiger partial charge is 0.356 e. The number of aromatic nitrogens is 1. The molecule has 0 aromatic carbocycles. The molecule has 0 aliphatic heterocycles. The van der Waals surface area contributed by atoms with Crippen LogP contribution >= 0.6 is 0 Å². The molecular formula is C11H15NO4. The minimum Gasteiger partial charge on any atom is -0.493 e. The van der Waals surface area contributed by atoms with Gasteiger partial charge in [0.25, 0.3) is 0 Å². The lowest BCUT2D eigenvalue weighted by Gasteiger charge is -2.13. The van der Waals surface area contributed by atoms with Crippen molar-refractivity contribution in [1.82, 2.24) is 4.98 Å². The Balaban J connectivity index is 3.01. The first-order valence-corrected chi connectivity index (χ1v) is 4.87. The van der Waals surface area contributed by atoms with E-state index in [0.717, 1.165) is 0 Å². The normalized spacial score (nSPS) is 10.1. The van der Waals surface area contributed by atoms with Crippen LogP contribution in [0.3, 0.4) is 0 Å². The lowest BCUT2D eigenvalue weighted by Crippen LogP contribution is -2.09. The summed E-state index contributed by atoms with van der Waals surface area (Å²) in [5.41, 5.74) is 0.190. The summed E-state index contributed by atoms with van der Waals surface area (Å²) in [5.74, 6) is 0.462. The first kappa shape index (κ1) is 12.3. The number of pyridine rings is 1. The summed E-state index contributed by atoms with van der Waals surface area (Å²) in [5, 5.41) is 0. The molecule has 0 unspecified atom stereocenters. The van der Waals surface area contributed by atoms with Crippen LogP contribution in [0.2, 0.25) is 0 Å². The fourth-order valence-corrected chi connectivity index (χ4v) is 1.14. The predicted molar refractivity (Wildman–Crippen MR) is 57.9 cm³/mol. The Morgan fingerprint density at radius 3 is 2.50 bits per heavy atom. The van der Waals surface area contributed by atoms with Gasteiger partial charge in [-0.2, -0.15) is 0 Å². The van der Waals surface area contributed by atoms with E-state index in [9.17, 15) is 4.79 Å². The van der Waals surface area contributed by atoms with E-state index in [2.05, 4.69) is 9.72 Å². The molecule has 1 aromatic rings. The average Bonchev–Trinajstić information content (AvgIpc) is 2.27. The van der Waals surface area contributed by atoms with E-state index >= 15 is 0 Å². The highest BCUT2D eigenvalue weighted by Gasteiger charge is 2.13. The summed E-state index contributed by atoms with van der Waals surface area (Å²) in [7, 11) is 2.80. The van der Waals surface area contributed by atoms with Crippen molar-refractivity contribution < 1.29 is 19.0 Å². The second-order valence-corrected chi connectivity index (χ2v) is 3.38. The zero-order valence-corrected chi connectivity index (χ0v) is 9.81. The van der Waals surface area contributed by atoms with Gasteiger partial charge in [0.2, 0.25) is 0 Å². The molecule has 0 saturated carbocycles. The number of carbonyl (C=O) groups excluding carboxylic acids is 1. The maximum absolute atomic E-state index is 11.2. The molecule has 88 valence electrons. The number of methoxy groups -OCH3 is 2. The zero-order valence-electron chi connectivity index (χ0n) is 9.81. The quantitative estimate of drug-likeness (QED) is 0.729. The van der Waals surface area contributed by atoms with Gasteiger partial charge in [-0.15, -0.1) is 0 Å². The topological polar surface area (TPSA) is 57.7 Å². The number of esters is 1. The van der Waals surface area contributed by atoms with Crippen LogP contribution in [-0.2, 0) is 4.74 Å². The van der Waals surface area contributed by atoms with Crippen LogP contribution < -0.4 is 9.47 Å². The van der Waals surface area contributed by atoms with Gasteiger partial charge in [-0.1, -0.05) is 0 Å². The molecule has 0 aliphatic rings. The molecule has 16 heavy (non-hydrogen) atoms. The monoisotopic (exact) mass is 225 g/mol. The predicted octanol–water partition coefficient (Wildman–Crippen LogP) is 1.66. The SMILES string of the molecule is COC(=O)c1cc(OC)c(OC(C)C)cn1. The van der Waals surface area contributed by atoms with E-state index in [1.54, 1.807) is 0 Å². The number of rotatable bonds is 4. The Kier molecular flexibility index (Phi) is 4.10. The summed E-state index contributed by atoms with van der Waals surface area (Å²) >= 11 is 0. The summed E-state index contributed by atoms with van der Waals surface area (Å²) in [6.45, 7) is 3.79. The second kappa shape index (κ2) is 5.34. The Labute approximate surface area is 94.3 Å². The second-order valence-electron chi connectivity index (χ2n) is 3.38. The van der Waals surface area contributed by atoms with Crippen LogP contribution in [0.4, 0.5) is 0 Å². The molecule has 0 bridgehead atoms. The summed E-state index contributed by atoms with van der Waals surface area (Å²) in [4.78, 5) is 15.2. The van der Waals surface area contributed by atoms with Crippen LogP contribution in [0.25, 0.3) is 0 Å². The fraction of sp³-hybridized carbons (Fsp3) is 0.455.